The Labute approximate surface area is 131 Å². The van der Waals surface area contributed by atoms with Crippen molar-refractivity contribution in [3.63, 3.8) is 0 Å². The Kier molecular flexibility index (Phi) is 17.0. The molecule has 4 heteroatoms. The molecule has 0 N–H and O–H groups in total. The molecule has 0 spiro atoms. The predicted octanol–water partition coefficient (Wildman–Crippen LogP) is 5.71. The summed E-state index contributed by atoms with van der Waals surface area (Å²) < 4.78 is 0. The van der Waals surface area contributed by atoms with Crippen molar-refractivity contribution in [2.24, 2.45) is 0 Å². The van der Waals surface area contributed by atoms with Crippen molar-refractivity contribution in [3.05, 3.63) is 0 Å². The van der Waals surface area contributed by atoms with Gasteiger partial charge >= 0.3 is 0 Å². The van der Waals surface area contributed by atoms with Gasteiger partial charge in [-0.05, 0) is 37.2 Å². The standard InChI is InChI=1S/C13H28Br2SSi/c1-2-3-9-16-10-6-13-17(11-4-7-14)12-5-8-15/h17H,2-13H2,1H3. The van der Waals surface area contributed by atoms with Crippen LogP contribution in [0, 0.1) is 0 Å². The number of rotatable bonds is 13. The smallest absolute Gasteiger partial charge is 0.0368 e. The van der Waals surface area contributed by atoms with E-state index in [2.05, 4.69) is 50.5 Å². The number of hydrogen-bond acceptors (Lipinski definition) is 1. The lowest BCUT2D eigenvalue weighted by molar-refractivity contribution is 0.894. The Bertz CT molecular complexity index is 139. The average Bonchev–Trinajstić information content (AvgIpc) is 2.35. The molecular formula is C13H28Br2SSi. The van der Waals surface area contributed by atoms with Gasteiger partial charge in [0.1, 0.15) is 0 Å². The molecule has 17 heavy (non-hydrogen) atoms. The molecule has 104 valence electrons. The lowest BCUT2D eigenvalue weighted by atomic mass is 10.4. The molecule has 0 aromatic heterocycles. The van der Waals surface area contributed by atoms with Gasteiger partial charge in [-0.1, -0.05) is 63.3 Å². The van der Waals surface area contributed by atoms with Crippen LogP contribution in [-0.4, -0.2) is 31.0 Å². The van der Waals surface area contributed by atoms with Crippen LogP contribution in [0.15, 0.2) is 0 Å². The fourth-order valence-electron chi connectivity index (χ4n) is 1.99. The zero-order valence-corrected chi connectivity index (χ0v) is 16.4. The summed E-state index contributed by atoms with van der Waals surface area (Å²) in [5.74, 6) is 2.79. The Morgan fingerprint density at radius 2 is 1.35 bits per heavy atom. The summed E-state index contributed by atoms with van der Waals surface area (Å²) in [6, 6.07) is 4.69. The highest BCUT2D eigenvalue weighted by molar-refractivity contribution is 9.09. The molecule has 0 amide bonds. The average molecular weight is 404 g/mol. The molecule has 0 saturated heterocycles. The van der Waals surface area contributed by atoms with E-state index in [9.17, 15) is 0 Å². The first-order valence-electron chi connectivity index (χ1n) is 7.04. The lowest BCUT2D eigenvalue weighted by Crippen LogP contribution is -2.12. The van der Waals surface area contributed by atoms with Gasteiger partial charge in [0.2, 0.25) is 0 Å². The van der Waals surface area contributed by atoms with Gasteiger partial charge in [0, 0.05) is 19.5 Å². The van der Waals surface area contributed by atoms with E-state index in [1.807, 2.05) is 0 Å². The van der Waals surface area contributed by atoms with Crippen LogP contribution in [0.1, 0.15) is 39.0 Å². The molecule has 0 aromatic rings. The minimum absolute atomic E-state index is 0.401. The van der Waals surface area contributed by atoms with Crippen LogP contribution in [0.5, 0.6) is 0 Å². The summed E-state index contributed by atoms with van der Waals surface area (Å²) in [5.41, 5.74) is 0. The highest BCUT2D eigenvalue weighted by atomic mass is 79.9. The van der Waals surface area contributed by atoms with Crippen molar-refractivity contribution in [2.45, 2.75) is 57.2 Å². The molecule has 0 aliphatic carbocycles. The number of thioether (sulfide) groups is 1. The third kappa shape index (κ3) is 13.8. The zero-order valence-electron chi connectivity index (χ0n) is 11.2. The maximum atomic E-state index is 3.57. The minimum Gasteiger partial charge on any atom is -0.162 e. The van der Waals surface area contributed by atoms with Crippen LogP contribution in [0.2, 0.25) is 18.1 Å². The number of hydrogen-bond donors (Lipinski definition) is 0. The van der Waals surface area contributed by atoms with Gasteiger partial charge in [0.25, 0.3) is 0 Å². The van der Waals surface area contributed by atoms with E-state index in [1.54, 1.807) is 18.1 Å². The highest BCUT2D eigenvalue weighted by Gasteiger charge is 2.09. The van der Waals surface area contributed by atoms with Crippen LogP contribution in [0.4, 0.5) is 0 Å². The maximum Gasteiger partial charge on any atom is 0.0368 e. The van der Waals surface area contributed by atoms with Crippen molar-refractivity contribution in [1.82, 2.24) is 0 Å². The topological polar surface area (TPSA) is 0 Å². The molecule has 0 aliphatic heterocycles. The van der Waals surface area contributed by atoms with Gasteiger partial charge in [0.15, 0.2) is 0 Å². The second-order valence-electron chi connectivity index (χ2n) is 4.64. The first kappa shape index (κ1) is 18.5. The van der Waals surface area contributed by atoms with Crippen molar-refractivity contribution in [3.8, 4) is 0 Å². The van der Waals surface area contributed by atoms with E-state index in [1.165, 1.54) is 54.3 Å². The second kappa shape index (κ2) is 15.6. The SMILES string of the molecule is CCCCSCCC[SiH](CCCBr)CCCBr. The molecule has 0 atom stereocenters. The largest absolute Gasteiger partial charge is 0.162 e. The molecular weight excluding hydrogens is 376 g/mol. The fraction of sp³-hybridized carbons (Fsp3) is 1.00. The quantitative estimate of drug-likeness (QED) is 0.215. The third-order valence-corrected chi connectivity index (χ3v) is 8.99. The van der Waals surface area contributed by atoms with Crippen molar-refractivity contribution in [1.29, 1.82) is 0 Å². The number of alkyl halides is 2. The highest BCUT2D eigenvalue weighted by Crippen LogP contribution is 2.17. The van der Waals surface area contributed by atoms with E-state index in [4.69, 9.17) is 0 Å². The van der Waals surface area contributed by atoms with Crippen LogP contribution in [-0.2, 0) is 0 Å². The lowest BCUT2D eigenvalue weighted by Gasteiger charge is -2.14. The molecule has 0 unspecified atom stereocenters. The van der Waals surface area contributed by atoms with Crippen LogP contribution in [0.3, 0.4) is 0 Å². The summed E-state index contributed by atoms with van der Waals surface area (Å²) in [6.45, 7) is 2.28. The number of unbranched alkanes of at least 4 members (excludes halogenated alkanes) is 1. The third-order valence-electron chi connectivity index (χ3n) is 3.04. The van der Waals surface area contributed by atoms with Gasteiger partial charge in [-0.25, -0.2) is 0 Å². The van der Waals surface area contributed by atoms with Crippen LogP contribution in [0.25, 0.3) is 0 Å². The molecule has 0 rings (SSSR count). The summed E-state index contributed by atoms with van der Waals surface area (Å²) in [7, 11) is -0.401. The second-order valence-corrected chi connectivity index (χ2v) is 10.9. The predicted molar refractivity (Wildman–Crippen MR) is 95.2 cm³/mol. The zero-order chi connectivity index (χ0) is 12.8. The van der Waals surface area contributed by atoms with Crippen molar-refractivity contribution < 1.29 is 0 Å². The minimum atomic E-state index is -0.401. The van der Waals surface area contributed by atoms with Crippen molar-refractivity contribution >= 4 is 52.4 Å². The van der Waals surface area contributed by atoms with Gasteiger partial charge in [0.05, 0.1) is 0 Å². The normalized spacial score (nSPS) is 11.3. The van der Waals surface area contributed by atoms with Crippen LogP contribution < -0.4 is 0 Å². The molecule has 0 bridgehead atoms. The molecule has 0 saturated carbocycles. The van der Waals surface area contributed by atoms with Gasteiger partial charge < -0.3 is 0 Å². The Hall–Kier alpha value is 1.53. The van der Waals surface area contributed by atoms with Gasteiger partial charge in [-0.15, -0.1) is 0 Å². The summed E-state index contributed by atoms with van der Waals surface area (Å²) in [4.78, 5) is 0. The van der Waals surface area contributed by atoms with E-state index in [-0.39, 0.29) is 0 Å². The van der Waals surface area contributed by atoms with E-state index < -0.39 is 8.80 Å². The molecule has 0 nitrogen and oxygen atoms in total. The molecule has 0 aromatic carbocycles. The van der Waals surface area contributed by atoms with Gasteiger partial charge in [-0.3, -0.25) is 0 Å². The monoisotopic (exact) mass is 402 g/mol. The number of halogens is 2. The first-order valence-corrected chi connectivity index (χ1v) is 12.9. The summed E-state index contributed by atoms with van der Waals surface area (Å²) in [5, 5.41) is 2.41. The first-order chi connectivity index (χ1) is 8.35. The Balaban J connectivity index is 3.45. The molecule has 0 radical (unpaired) electrons. The van der Waals surface area contributed by atoms with Crippen molar-refractivity contribution in [2.75, 3.05) is 22.2 Å². The van der Waals surface area contributed by atoms with E-state index >= 15 is 0 Å². The van der Waals surface area contributed by atoms with Gasteiger partial charge in [-0.2, -0.15) is 11.8 Å². The summed E-state index contributed by atoms with van der Waals surface area (Å²) >= 11 is 9.30. The summed E-state index contributed by atoms with van der Waals surface area (Å²) in [6.07, 6.45) is 7.04. The molecule has 0 heterocycles. The van der Waals surface area contributed by atoms with E-state index in [0.717, 1.165) is 0 Å². The van der Waals surface area contributed by atoms with Crippen LogP contribution >= 0.6 is 43.6 Å². The maximum absolute atomic E-state index is 3.57. The Morgan fingerprint density at radius 3 is 1.88 bits per heavy atom. The molecule has 0 aliphatic rings. The van der Waals surface area contributed by atoms with E-state index in [0.29, 0.717) is 0 Å². The molecule has 0 fully saturated rings. The fourth-order valence-corrected chi connectivity index (χ4v) is 8.40. The Morgan fingerprint density at radius 1 is 0.824 bits per heavy atom.